The van der Waals surface area contributed by atoms with E-state index >= 15 is 0 Å². The van der Waals surface area contributed by atoms with Crippen molar-refractivity contribution in [3.8, 4) is 5.75 Å². The van der Waals surface area contributed by atoms with Crippen LogP contribution in [0.3, 0.4) is 0 Å². The third-order valence-electron chi connectivity index (χ3n) is 10.9. The average molecular weight is 839 g/mol. The molecule has 1 aliphatic heterocycles. The third kappa shape index (κ3) is 14.6. The van der Waals surface area contributed by atoms with Crippen molar-refractivity contribution >= 4 is 30.7 Å². The molecule has 0 saturated carbocycles. The van der Waals surface area contributed by atoms with Gasteiger partial charge in [0.05, 0.1) is 25.6 Å². The number of aromatic nitrogens is 4. The molecule has 2 aromatic heterocycles. The van der Waals surface area contributed by atoms with Crippen LogP contribution >= 0.6 is 7.75 Å². The maximum atomic E-state index is 14.7. The fourth-order valence-corrected chi connectivity index (χ4v) is 8.95. The van der Waals surface area contributed by atoms with Crippen LogP contribution in [0.5, 0.6) is 5.75 Å². The number of carbonyl (C=O) groups is 1. The van der Waals surface area contributed by atoms with E-state index in [1.165, 1.54) is 94.4 Å². The first-order valence-corrected chi connectivity index (χ1v) is 23.1. The molecule has 1 aliphatic rings. The molecule has 13 nitrogen and oxygen atoms in total. The maximum absolute atomic E-state index is 14.7. The van der Waals surface area contributed by atoms with E-state index in [-0.39, 0.29) is 42.2 Å². The summed E-state index contributed by atoms with van der Waals surface area (Å²) in [6.45, 7) is 3.68. The molecule has 0 amide bonds. The summed E-state index contributed by atoms with van der Waals surface area (Å²) in [4.78, 5) is 25.2. The summed E-state index contributed by atoms with van der Waals surface area (Å²) in [6.07, 6.45) is 18.5. The number of unbranched alkanes of at least 4 members (excludes halogenated alkanes) is 15. The van der Waals surface area contributed by atoms with Gasteiger partial charge < -0.3 is 24.8 Å². The molecule has 0 radical (unpaired) electrons. The van der Waals surface area contributed by atoms with E-state index in [1.807, 2.05) is 30.3 Å². The number of rotatable bonds is 28. The van der Waals surface area contributed by atoms with E-state index in [0.717, 1.165) is 24.8 Å². The Hall–Kier alpha value is -3.94. The number of hydrogen-bond acceptors (Lipinski definition) is 11. The number of benzene rings is 2. The largest absolute Gasteiger partial charge is 0.465 e. The van der Waals surface area contributed by atoms with Crippen molar-refractivity contribution in [3.63, 3.8) is 0 Å². The van der Waals surface area contributed by atoms with Gasteiger partial charge in [0.15, 0.2) is 17.0 Å². The fraction of sp³-hybridized carbons (Fsp3) is 0.591. The molecule has 1 fully saturated rings. The molecule has 1 saturated heterocycles. The summed E-state index contributed by atoms with van der Waals surface area (Å²) in [5, 5.41) is 14.1. The number of nitrogen functional groups attached to an aromatic ring is 1. The highest BCUT2D eigenvalue weighted by atomic mass is 31.2. The molecule has 0 bridgehead atoms. The number of ether oxygens (including phenoxy) is 2. The number of nitrogens with one attached hydrogen (secondary N) is 1. The predicted octanol–water partition coefficient (Wildman–Crippen LogP) is 9.80. The van der Waals surface area contributed by atoms with Crippen molar-refractivity contribution in [2.45, 2.75) is 153 Å². The Morgan fingerprint density at radius 3 is 2.12 bits per heavy atom. The lowest BCUT2D eigenvalue weighted by atomic mass is 10.0. The van der Waals surface area contributed by atoms with E-state index in [4.69, 9.17) is 24.3 Å². The highest BCUT2D eigenvalue weighted by Gasteiger charge is 2.48. The van der Waals surface area contributed by atoms with Gasteiger partial charge in [-0.05, 0) is 37.5 Å². The summed E-state index contributed by atoms with van der Waals surface area (Å²) >= 11 is 0. The molecule has 0 spiro atoms. The van der Waals surface area contributed by atoms with E-state index in [1.54, 1.807) is 37.3 Å². The van der Waals surface area contributed by atoms with Crippen LogP contribution in [0.25, 0.3) is 11.2 Å². The second kappa shape index (κ2) is 23.7. The van der Waals surface area contributed by atoms with Crippen LogP contribution in [-0.4, -0.2) is 61.6 Å². The standard InChI is InChI=1S/C44H64FN6O7P/c1-3-4-5-6-7-8-9-10-11-12-13-14-15-16-17-24-29-55-42(53)36(30-34-25-20-18-21-26-34)50-59(54,58-35-27-22-19-23-28-35)56-32-44(2)37(52)31-38(57-44)51-33-47-39-40(46)48-43(45)49-41(39)51/h18-23,25-28,33,36-38,52H,3-17,24,29-32H2,1-2H3,(H,50,54)(H2,46,48,49)/t36-,37-,38+,44+,59-/m0/s1. The van der Waals surface area contributed by atoms with Crippen LogP contribution in [0, 0.1) is 6.08 Å². The van der Waals surface area contributed by atoms with Gasteiger partial charge in [-0.3, -0.25) is 13.9 Å². The van der Waals surface area contributed by atoms with Gasteiger partial charge in [0.25, 0.3) is 0 Å². The zero-order valence-corrected chi connectivity index (χ0v) is 35.7. The number of aliphatic hydroxyl groups excluding tert-OH is 1. The van der Waals surface area contributed by atoms with Crippen LogP contribution < -0.4 is 15.3 Å². The molecule has 59 heavy (non-hydrogen) atoms. The molecule has 324 valence electrons. The zero-order chi connectivity index (χ0) is 41.9. The summed E-state index contributed by atoms with van der Waals surface area (Å²) in [6, 6.07) is 16.7. The van der Waals surface area contributed by atoms with Gasteiger partial charge in [-0.25, -0.2) is 9.55 Å². The van der Waals surface area contributed by atoms with Crippen molar-refractivity contribution in [3.05, 3.63) is 78.6 Å². The first kappa shape index (κ1) is 46.1. The molecular formula is C44H64FN6O7P. The number of nitrogens with zero attached hydrogens (tertiary/aromatic N) is 4. The van der Waals surface area contributed by atoms with Crippen molar-refractivity contribution < 1.29 is 37.4 Å². The third-order valence-corrected chi connectivity index (χ3v) is 12.4. The van der Waals surface area contributed by atoms with Crippen LogP contribution in [-0.2, 0) is 29.8 Å². The minimum atomic E-state index is -4.37. The smallest absolute Gasteiger partial charge is 0.459 e. The molecular weight excluding hydrogens is 774 g/mol. The zero-order valence-electron chi connectivity index (χ0n) is 34.8. The lowest BCUT2D eigenvalue weighted by Crippen LogP contribution is -2.43. The summed E-state index contributed by atoms with van der Waals surface area (Å²) in [5.74, 6) is -0.475. The van der Waals surface area contributed by atoms with Gasteiger partial charge in [-0.2, -0.15) is 19.4 Å². The van der Waals surface area contributed by atoms with Gasteiger partial charge in [0, 0.05) is 6.42 Å². The Kier molecular flexibility index (Phi) is 18.6. The Labute approximate surface area is 348 Å². The average Bonchev–Trinajstić information content (AvgIpc) is 3.78. The van der Waals surface area contributed by atoms with E-state index in [2.05, 4.69) is 27.0 Å². The van der Waals surface area contributed by atoms with Crippen molar-refractivity contribution in [1.29, 1.82) is 0 Å². The van der Waals surface area contributed by atoms with Crippen LogP contribution in [0.4, 0.5) is 10.2 Å². The number of anilines is 1. The molecule has 0 unspecified atom stereocenters. The van der Waals surface area contributed by atoms with Gasteiger partial charge >= 0.3 is 19.8 Å². The number of halogens is 1. The lowest BCUT2D eigenvalue weighted by molar-refractivity contribution is -0.146. The van der Waals surface area contributed by atoms with Gasteiger partial charge in [-0.15, -0.1) is 0 Å². The highest BCUT2D eigenvalue weighted by Crippen LogP contribution is 2.48. The van der Waals surface area contributed by atoms with Gasteiger partial charge in [0.1, 0.15) is 23.6 Å². The number of fused-ring (bicyclic) bond motifs is 1. The lowest BCUT2D eigenvalue weighted by Gasteiger charge is -2.31. The number of carbonyl (C=O) groups excluding carboxylic acids is 1. The van der Waals surface area contributed by atoms with Gasteiger partial charge in [0.2, 0.25) is 0 Å². The van der Waals surface area contributed by atoms with Crippen LogP contribution in [0.2, 0.25) is 0 Å². The Bertz CT molecular complexity index is 1890. The monoisotopic (exact) mass is 838 g/mol. The van der Waals surface area contributed by atoms with E-state index < -0.39 is 50.4 Å². The van der Waals surface area contributed by atoms with Crippen LogP contribution in [0.1, 0.15) is 135 Å². The molecule has 3 heterocycles. The number of para-hydroxylation sites is 1. The fourth-order valence-electron chi connectivity index (χ4n) is 7.37. The van der Waals surface area contributed by atoms with E-state index in [0.29, 0.717) is 0 Å². The van der Waals surface area contributed by atoms with Gasteiger partial charge in [-0.1, -0.05) is 152 Å². The highest BCUT2D eigenvalue weighted by molar-refractivity contribution is 7.52. The number of hydrogen-bond donors (Lipinski definition) is 3. The first-order chi connectivity index (χ1) is 28.6. The number of imidazole rings is 1. The summed E-state index contributed by atoms with van der Waals surface area (Å²) in [5.41, 5.74) is 5.52. The topological polar surface area (TPSA) is 173 Å². The minimum Gasteiger partial charge on any atom is -0.465 e. The molecule has 5 rings (SSSR count). The predicted molar refractivity (Wildman–Crippen MR) is 227 cm³/mol. The molecule has 4 aromatic rings. The number of esters is 1. The Morgan fingerprint density at radius 1 is 0.932 bits per heavy atom. The van der Waals surface area contributed by atoms with Crippen LogP contribution in [0.15, 0.2) is 67.0 Å². The minimum absolute atomic E-state index is 0.0520. The van der Waals surface area contributed by atoms with Crippen molar-refractivity contribution in [2.75, 3.05) is 18.9 Å². The number of aliphatic hydroxyl groups is 1. The second-order valence-electron chi connectivity index (χ2n) is 15.9. The Balaban J connectivity index is 1.14. The molecule has 15 heteroatoms. The quantitative estimate of drug-likeness (QED) is 0.0214. The van der Waals surface area contributed by atoms with Crippen molar-refractivity contribution in [2.24, 2.45) is 0 Å². The Morgan fingerprint density at radius 2 is 1.51 bits per heavy atom. The first-order valence-electron chi connectivity index (χ1n) is 21.6. The number of nitrogens with two attached hydrogens (primary N) is 1. The molecule has 0 aliphatic carbocycles. The normalized spacial score (nSPS) is 19.5. The summed E-state index contributed by atoms with van der Waals surface area (Å²) < 4.78 is 54.3. The van der Waals surface area contributed by atoms with E-state index in [9.17, 15) is 18.9 Å². The summed E-state index contributed by atoms with van der Waals surface area (Å²) in [7, 11) is -4.37. The van der Waals surface area contributed by atoms with Crippen molar-refractivity contribution in [1.82, 2.24) is 24.6 Å². The molecule has 2 aromatic carbocycles. The second-order valence-corrected chi connectivity index (χ2v) is 17.5. The SMILES string of the molecule is CCCCCCCCCCCCCCCCCCOC(=O)[C@H](Cc1ccccc1)N[P@](=O)(OC[C@@]1(C)O[C@@H](n2cnc3c(N)nc(F)nc32)C[C@@H]1O)Oc1ccccc1. The molecule has 5 atom stereocenters. The maximum Gasteiger partial charge on any atom is 0.459 e. The molecule has 4 N–H and O–H groups in total.